The van der Waals surface area contributed by atoms with E-state index in [-0.39, 0.29) is 16.9 Å². The molecule has 3 rings (SSSR count). The fourth-order valence-corrected chi connectivity index (χ4v) is 5.32. The lowest BCUT2D eigenvalue weighted by atomic mass is 9.98. The number of likely N-dealkylation sites (tertiary alicyclic amines) is 1. The lowest BCUT2D eigenvalue weighted by molar-refractivity contribution is -0.137. The normalized spacial score (nSPS) is 17.6. The van der Waals surface area contributed by atoms with Gasteiger partial charge < -0.3 is 4.90 Å². The van der Waals surface area contributed by atoms with E-state index in [2.05, 4.69) is 32.5 Å². The average molecular weight is 528 g/mol. The fraction of sp³-hybridized carbons (Fsp3) is 0.400. The molecule has 1 N–H and O–H groups in total. The number of anilines is 1. The van der Waals surface area contributed by atoms with Gasteiger partial charge in [0, 0.05) is 16.7 Å². The molecule has 2 aromatic rings. The number of halogens is 5. The van der Waals surface area contributed by atoms with Crippen LogP contribution >= 0.6 is 28.3 Å². The number of nitrogens with zero attached hydrogens (tertiary/aromatic N) is 1. The quantitative estimate of drug-likeness (QED) is 0.510. The number of rotatable bonds is 6. The van der Waals surface area contributed by atoms with Crippen LogP contribution in [0.5, 0.6) is 0 Å². The first-order valence-corrected chi connectivity index (χ1v) is 11.6. The molecule has 0 saturated carbocycles. The predicted octanol–water partition coefficient (Wildman–Crippen LogP) is 5.89. The molecule has 1 atom stereocenters. The summed E-state index contributed by atoms with van der Waals surface area (Å²) < 4.78 is 66.5. The van der Waals surface area contributed by atoms with Gasteiger partial charge >= 0.3 is 6.18 Å². The summed E-state index contributed by atoms with van der Waals surface area (Å²) in [5.74, 6) is 0.409. The van der Waals surface area contributed by atoms with E-state index >= 15 is 0 Å². The third-order valence-corrected chi connectivity index (χ3v) is 6.77. The molecule has 0 radical (unpaired) electrons. The minimum atomic E-state index is -4.64. The highest BCUT2D eigenvalue weighted by Crippen LogP contribution is 2.34. The Morgan fingerprint density at radius 1 is 1.17 bits per heavy atom. The second-order valence-corrected chi connectivity index (χ2v) is 9.79. The van der Waals surface area contributed by atoms with Crippen molar-refractivity contribution in [2.75, 3.05) is 24.4 Å². The molecular weight excluding hydrogens is 505 g/mol. The van der Waals surface area contributed by atoms with E-state index in [0.29, 0.717) is 17.7 Å². The molecule has 10 heteroatoms. The van der Waals surface area contributed by atoms with Crippen LogP contribution in [0.4, 0.5) is 18.9 Å². The summed E-state index contributed by atoms with van der Waals surface area (Å²) in [7, 11) is -4.15. The maximum Gasteiger partial charge on any atom is 0.416 e. The Kier molecular flexibility index (Phi) is 8.23. The third kappa shape index (κ3) is 6.12. The van der Waals surface area contributed by atoms with Crippen LogP contribution in [-0.2, 0) is 16.2 Å². The minimum Gasteiger partial charge on any atom is -0.303 e. The zero-order valence-electron chi connectivity index (χ0n) is 16.2. The van der Waals surface area contributed by atoms with Crippen molar-refractivity contribution in [1.82, 2.24) is 4.90 Å². The Bertz CT molecular complexity index is 969. The van der Waals surface area contributed by atoms with Crippen LogP contribution in [0, 0.1) is 0 Å². The molecule has 0 bridgehead atoms. The van der Waals surface area contributed by atoms with Crippen molar-refractivity contribution in [3.63, 3.8) is 0 Å². The van der Waals surface area contributed by atoms with Gasteiger partial charge in [-0.1, -0.05) is 35.0 Å². The molecule has 0 aliphatic carbocycles. The van der Waals surface area contributed by atoms with Gasteiger partial charge in [0.25, 0.3) is 10.0 Å². The van der Waals surface area contributed by atoms with E-state index in [1.54, 1.807) is 12.1 Å². The molecule has 1 fully saturated rings. The van der Waals surface area contributed by atoms with Crippen LogP contribution in [0.15, 0.2) is 51.8 Å². The molecule has 1 saturated heterocycles. The molecule has 1 aliphatic rings. The van der Waals surface area contributed by atoms with E-state index in [9.17, 15) is 21.6 Å². The zero-order chi connectivity index (χ0) is 21.2. The Hall–Kier alpha value is -1.29. The van der Waals surface area contributed by atoms with Crippen LogP contribution in [-0.4, -0.2) is 33.0 Å². The highest BCUT2D eigenvalue weighted by molar-refractivity contribution is 9.10. The number of alkyl halides is 3. The maximum atomic E-state index is 13.0. The van der Waals surface area contributed by atoms with Crippen molar-refractivity contribution in [3.8, 4) is 0 Å². The van der Waals surface area contributed by atoms with Crippen molar-refractivity contribution in [2.45, 2.75) is 36.8 Å². The zero-order valence-corrected chi connectivity index (χ0v) is 19.5. The molecule has 0 unspecified atom stereocenters. The van der Waals surface area contributed by atoms with Crippen molar-refractivity contribution in [1.29, 1.82) is 0 Å². The molecule has 0 spiro atoms. The van der Waals surface area contributed by atoms with E-state index in [4.69, 9.17) is 0 Å². The van der Waals surface area contributed by atoms with Crippen LogP contribution in [0.25, 0.3) is 0 Å². The summed E-state index contributed by atoms with van der Waals surface area (Å²) in [6, 6.07) is 9.67. The van der Waals surface area contributed by atoms with Crippen molar-refractivity contribution in [2.24, 2.45) is 0 Å². The standard InChI is InChI=1S/C20H22BrF3N2O2S.ClH/c1-2-8-26-9-7-15(13-26)14-3-5-18(6-4-14)25-29(27,28)19-11-16(20(22,23)24)10-17(21)12-19;/h3-6,10-12,15,25H,2,7-9,13H2,1H3;1H/t15-;/m1./s1. The smallest absolute Gasteiger partial charge is 0.303 e. The van der Waals surface area contributed by atoms with Crippen LogP contribution in [0.2, 0.25) is 0 Å². The topological polar surface area (TPSA) is 49.4 Å². The highest BCUT2D eigenvalue weighted by Gasteiger charge is 2.32. The lowest BCUT2D eigenvalue weighted by Gasteiger charge is -2.15. The van der Waals surface area contributed by atoms with Gasteiger partial charge in [0.15, 0.2) is 0 Å². The molecule has 1 aliphatic heterocycles. The summed E-state index contributed by atoms with van der Waals surface area (Å²) >= 11 is 2.95. The fourth-order valence-electron chi connectivity index (χ4n) is 3.54. The molecule has 30 heavy (non-hydrogen) atoms. The summed E-state index contributed by atoms with van der Waals surface area (Å²) in [6.45, 7) is 5.26. The maximum absolute atomic E-state index is 13.0. The molecule has 0 aromatic heterocycles. The van der Waals surface area contributed by atoms with Crippen molar-refractivity contribution < 1.29 is 21.6 Å². The molecule has 0 amide bonds. The predicted molar refractivity (Wildman–Crippen MR) is 118 cm³/mol. The molecule has 1 heterocycles. The Morgan fingerprint density at radius 2 is 1.83 bits per heavy atom. The van der Waals surface area contributed by atoms with E-state index in [1.165, 1.54) is 0 Å². The van der Waals surface area contributed by atoms with Gasteiger partial charge in [0.2, 0.25) is 0 Å². The van der Waals surface area contributed by atoms with Gasteiger partial charge in [0.1, 0.15) is 0 Å². The lowest BCUT2D eigenvalue weighted by Crippen LogP contribution is -2.20. The van der Waals surface area contributed by atoms with Gasteiger partial charge in [0.05, 0.1) is 10.5 Å². The van der Waals surface area contributed by atoms with Gasteiger partial charge in [-0.25, -0.2) is 8.42 Å². The Labute approximate surface area is 189 Å². The summed E-state index contributed by atoms with van der Waals surface area (Å²) in [4.78, 5) is 1.96. The highest BCUT2D eigenvalue weighted by atomic mass is 79.9. The number of sulfonamides is 1. The number of hydrogen-bond acceptors (Lipinski definition) is 3. The second kappa shape index (κ2) is 9.89. The van der Waals surface area contributed by atoms with E-state index < -0.39 is 26.7 Å². The van der Waals surface area contributed by atoms with Crippen LogP contribution < -0.4 is 4.72 Å². The molecule has 166 valence electrons. The first-order valence-electron chi connectivity index (χ1n) is 9.31. The van der Waals surface area contributed by atoms with Gasteiger partial charge in [-0.3, -0.25) is 4.72 Å². The minimum absolute atomic E-state index is 0. The number of hydrogen-bond donors (Lipinski definition) is 1. The van der Waals surface area contributed by atoms with Gasteiger partial charge in [-0.05, 0) is 67.7 Å². The monoisotopic (exact) mass is 526 g/mol. The summed E-state index contributed by atoms with van der Waals surface area (Å²) in [5, 5.41) is 0. The number of nitrogens with one attached hydrogen (secondary N) is 1. The Balaban J connectivity index is 0.00000320. The average Bonchev–Trinajstić information content (AvgIpc) is 3.10. The van der Waals surface area contributed by atoms with E-state index in [1.807, 2.05) is 12.1 Å². The molecular formula is C20H23BrClF3N2O2S. The summed E-state index contributed by atoms with van der Waals surface area (Å²) in [5.41, 5.74) is 0.416. The third-order valence-electron chi connectivity index (χ3n) is 4.96. The first-order chi connectivity index (χ1) is 13.6. The number of benzene rings is 2. The largest absolute Gasteiger partial charge is 0.416 e. The van der Waals surface area contributed by atoms with Crippen LogP contribution in [0.1, 0.15) is 36.8 Å². The Morgan fingerprint density at radius 3 is 2.43 bits per heavy atom. The van der Waals surface area contributed by atoms with Crippen molar-refractivity contribution in [3.05, 3.63) is 58.1 Å². The van der Waals surface area contributed by atoms with Crippen LogP contribution in [0.3, 0.4) is 0 Å². The SMILES string of the molecule is CCCN1CC[C@@H](c2ccc(NS(=O)(=O)c3cc(Br)cc(C(F)(F)F)c3)cc2)C1.Cl. The summed E-state index contributed by atoms with van der Waals surface area (Å²) in [6.07, 6.45) is -2.47. The van der Waals surface area contributed by atoms with E-state index in [0.717, 1.165) is 50.2 Å². The van der Waals surface area contributed by atoms with Gasteiger partial charge in [-0.2, -0.15) is 13.2 Å². The molecule has 4 nitrogen and oxygen atoms in total. The second-order valence-electron chi connectivity index (χ2n) is 7.19. The first kappa shape index (κ1) is 25.0. The van der Waals surface area contributed by atoms with Gasteiger partial charge in [-0.15, -0.1) is 12.4 Å². The molecule has 2 aromatic carbocycles. The van der Waals surface area contributed by atoms with Crippen molar-refractivity contribution >= 4 is 44.0 Å².